The molecule has 0 radical (unpaired) electrons. The summed E-state index contributed by atoms with van der Waals surface area (Å²) in [5, 5.41) is 18.0. The molecule has 0 saturated carbocycles. The van der Waals surface area contributed by atoms with E-state index in [4.69, 9.17) is 19.1 Å². The van der Waals surface area contributed by atoms with E-state index in [1.54, 1.807) is 0 Å². The van der Waals surface area contributed by atoms with E-state index in [-0.39, 0.29) is 13.0 Å². The van der Waals surface area contributed by atoms with Gasteiger partial charge in [0.2, 0.25) is 0 Å². The summed E-state index contributed by atoms with van der Waals surface area (Å²) in [6, 6.07) is 0. The van der Waals surface area contributed by atoms with Crippen LogP contribution in [0.1, 0.15) is 142 Å². The zero-order valence-electron chi connectivity index (χ0n) is 25.8. The van der Waals surface area contributed by atoms with Crippen LogP contribution in [0.25, 0.3) is 0 Å². The second kappa shape index (κ2) is 27.8. The highest BCUT2D eigenvalue weighted by Gasteiger charge is 2.26. The first-order valence-corrected chi connectivity index (χ1v) is 17.4. The van der Waals surface area contributed by atoms with Crippen LogP contribution in [-0.4, -0.2) is 65.7 Å². The molecule has 0 aliphatic heterocycles. The lowest BCUT2D eigenvalue weighted by atomic mass is 10.0. The minimum absolute atomic E-state index is 0.186. The fourth-order valence-electron chi connectivity index (χ4n) is 4.37. The Hall–Kier alpha value is -1.03. The van der Waals surface area contributed by atoms with Gasteiger partial charge in [-0.1, -0.05) is 122 Å². The predicted molar refractivity (Wildman–Crippen MR) is 159 cm³/mol. The number of phosphoric acid groups is 1. The highest BCUT2D eigenvalue weighted by atomic mass is 31.2. The van der Waals surface area contributed by atoms with Crippen LogP contribution in [0.5, 0.6) is 0 Å². The van der Waals surface area contributed by atoms with E-state index < -0.39 is 51.8 Å². The van der Waals surface area contributed by atoms with Gasteiger partial charge in [0.25, 0.3) is 0 Å². The minimum atomic E-state index is -4.56. The van der Waals surface area contributed by atoms with Crippen molar-refractivity contribution in [1.82, 2.24) is 0 Å². The summed E-state index contributed by atoms with van der Waals surface area (Å²) in [5.74, 6) is -1.11. The molecule has 10 nitrogen and oxygen atoms in total. The third-order valence-electron chi connectivity index (χ3n) is 6.82. The van der Waals surface area contributed by atoms with Gasteiger partial charge in [-0.3, -0.25) is 18.6 Å². The third-order valence-corrected chi connectivity index (χ3v) is 7.77. The zero-order chi connectivity index (χ0) is 30.6. The molecule has 3 atom stereocenters. The molecule has 0 rings (SSSR count). The smallest absolute Gasteiger partial charge is 0.462 e. The van der Waals surface area contributed by atoms with E-state index in [0.717, 1.165) is 19.3 Å². The van der Waals surface area contributed by atoms with Crippen LogP contribution in [0.4, 0.5) is 0 Å². The molecule has 0 aromatic rings. The summed E-state index contributed by atoms with van der Waals surface area (Å²) in [7, 11) is -4.56. The van der Waals surface area contributed by atoms with Gasteiger partial charge in [-0.15, -0.1) is 0 Å². The molecule has 0 fully saturated rings. The topological polar surface area (TPSA) is 149 Å². The van der Waals surface area contributed by atoms with Crippen molar-refractivity contribution >= 4 is 19.8 Å². The van der Waals surface area contributed by atoms with Crippen molar-refractivity contribution in [3.05, 3.63) is 0 Å². The molecule has 41 heavy (non-hydrogen) atoms. The van der Waals surface area contributed by atoms with E-state index in [2.05, 4.69) is 11.4 Å². The highest BCUT2D eigenvalue weighted by Crippen LogP contribution is 2.43. The number of ether oxygens (including phenoxy) is 2. The van der Waals surface area contributed by atoms with Crippen LogP contribution >= 0.6 is 7.82 Å². The first-order chi connectivity index (χ1) is 19.7. The molecule has 0 saturated heterocycles. The molecule has 3 unspecified atom stereocenters. The van der Waals surface area contributed by atoms with Gasteiger partial charge in [0.05, 0.1) is 19.8 Å². The molecule has 0 amide bonds. The average Bonchev–Trinajstić information content (AvgIpc) is 2.94. The van der Waals surface area contributed by atoms with Gasteiger partial charge in [0.15, 0.2) is 6.10 Å². The number of hydrogen-bond donors (Lipinski definition) is 3. The van der Waals surface area contributed by atoms with Gasteiger partial charge in [-0.2, -0.15) is 0 Å². The maximum absolute atomic E-state index is 12.2. The van der Waals surface area contributed by atoms with Crippen molar-refractivity contribution in [2.45, 2.75) is 154 Å². The van der Waals surface area contributed by atoms with Crippen LogP contribution in [0, 0.1) is 0 Å². The van der Waals surface area contributed by atoms with Crippen molar-refractivity contribution in [2.75, 3.05) is 26.4 Å². The van der Waals surface area contributed by atoms with E-state index >= 15 is 0 Å². The molecule has 0 aliphatic carbocycles. The normalized spacial score (nSPS) is 14.4. The Morgan fingerprint density at radius 3 is 1.51 bits per heavy atom. The Balaban J connectivity index is 3.81. The van der Waals surface area contributed by atoms with E-state index in [9.17, 15) is 24.2 Å². The molecule has 0 aromatic carbocycles. The Bertz CT molecular complexity index is 676. The Kier molecular flexibility index (Phi) is 27.1. The van der Waals surface area contributed by atoms with Crippen LogP contribution in [-0.2, 0) is 32.7 Å². The fraction of sp³-hybridized carbons (Fsp3) is 0.933. The summed E-state index contributed by atoms with van der Waals surface area (Å²) in [4.78, 5) is 33.0. The summed E-state index contributed by atoms with van der Waals surface area (Å²) in [6.07, 6.45) is 21.8. The second-order valence-corrected chi connectivity index (χ2v) is 12.4. The summed E-state index contributed by atoms with van der Waals surface area (Å²) < 4.78 is 31.4. The van der Waals surface area contributed by atoms with E-state index in [1.807, 2.05) is 0 Å². The number of aliphatic hydroxyl groups is 2. The molecule has 0 aromatic heterocycles. The van der Waals surface area contributed by atoms with Gasteiger partial charge >= 0.3 is 19.8 Å². The van der Waals surface area contributed by atoms with Crippen molar-refractivity contribution in [2.24, 2.45) is 0 Å². The first-order valence-electron chi connectivity index (χ1n) is 15.9. The second-order valence-electron chi connectivity index (χ2n) is 10.9. The summed E-state index contributed by atoms with van der Waals surface area (Å²) >= 11 is 0. The molecule has 0 bridgehead atoms. The number of phosphoric ester groups is 1. The standard InChI is InChI=1S/C30H59O10P/c1-3-4-5-6-7-8-9-10-11-12-13-14-15-16-17-18-19-20-21-22-30(34)40-29(25-37-27(2)32)26-39-41(35,36)38-24-28(33)23-31/h28-29,31,33H,3-26H2,1-2H3,(H,35,36). The number of rotatable bonds is 30. The number of hydrogen-bond acceptors (Lipinski definition) is 9. The van der Waals surface area contributed by atoms with Gasteiger partial charge in [0, 0.05) is 13.3 Å². The summed E-state index contributed by atoms with van der Waals surface area (Å²) in [5.41, 5.74) is 0. The summed E-state index contributed by atoms with van der Waals surface area (Å²) in [6.45, 7) is 1.32. The molecule has 0 heterocycles. The van der Waals surface area contributed by atoms with Crippen LogP contribution in [0.3, 0.4) is 0 Å². The number of unbranched alkanes of at least 4 members (excludes halogenated alkanes) is 18. The van der Waals surface area contributed by atoms with Gasteiger partial charge in [-0.25, -0.2) is 4.57 Å². The number of aliphatic hydroxyl groups excluding tert-OH is 2. The molecular formula is C30H59O10P. The largest absolute Gasteiger partial charge is 0.472 e. The monoisotopic (exact) mass is 610 g/mol. The zero-order valence-corrected chi connectivity index (χ0v) is 26.7. The van der Waals surface area contributed by atoms with Crippen LogP contribution in [0.15, 0.2) is 0 Å². The molecular weight excluding hydrogens is 551 g/mol. The van der Waals surface area contributed by atoms with Crippen LogP contribution in [0.2, 0.25) is 0 Å². The molecule has 244 valence electrons. The Labute approximate surface area is 248 Å². The number of carbonyl (C=O) groups excluding carboxylic acids is 2. The Morgan fingerprint density at radius 2 is 1.10 bits per heavy atom. The quantitative estimate of drug-likeness (QED) is 0.0452. The van der Waals surface area contributed by atoms with Crippen molar-refractivity contribution in [3.63, 3.8) is 0 Å². The van der Waals surface area contributed by atoms with Gasteiger partial charge < -0.3 is 24.6 Å². The fourth-order valence-corrected chi connectivity index (χ4v) is 5.16. The van der Waals surface area contributed by atoms with E-state index in [1.165, 1.54) is 103 Å². The average molecular weight is 611 g/mol. The minimum Gasteiger partial charge on any atom is -0.462 e. The number of esters is 2. The number of carbonyl (C=O) groups is 2. The van der Waals surface area contributed by atoms with Crippen LogP contribution < -0.4 is 0 Å². The maximum Gasteiger partial charge on any atom is 0.472 e. The molecule has 0 spiro atoms. The molecule has 3 N–H and O–H groups in total. The van der Waals surface area contributed by atoms with Crippen molar-refractivity contribution in [3.8, 4) is 0 Å². The van der Waals surface area contributed by atoms with Gasteiger partial charge in [-0.05, 0) is 6.42 Å². The van der Waals surface area contributed by atoms with Gasteiger partial charge in [0.1, 0.15) is 12.7 Å². The lowest BCUT2D eigenvalue weighted by Crippen LogP contribution is -2.29. The Morgan fingerprint density at radius 1 is 0.683 bits per heavy atom. The lowest BCUT2D eigenvalue weighted by Gasteiger charge is -2.20. The molecule has 0 aliphatic rings. The first kappa shape index (κ1) is 40.0. The SMILES string of the molecule is CCCCCCCCCCCCCCCCCCCCCC(=O)OC(COC(C)=O)COP(=O)(O)OCC(O)CO. The third kappa shape index (κ3) is 28.8. The predicted octanol–water partition coefficient (Wildman–Crippen LogP) is 6.77. The molecule has 11 heteroatoms. The van der Waals surface area contributed by atoms with E-state index in [0.29, 0.717) is 6.42 Å². The maximum atomic E-state index is 12.2. The lowest BCUT2D eigenvalue weighted by molar-refractivity contribution is -0.160. The highest BCUT2D eigenvalue weighted by molar-refractivity contribution is 7.47. The van der Waals surface area contributed by atoms with Crippen molar-refractivity contribution in [1.29, 1.82) is 0 Å². The van der Waals surface area contributed by atoms with Crippen molar-refractivity contribution < 1.29 is 47.8 Å².